The topological polar surface area (TPSA) is 82.5 Å². The molecule has 0 saturated heterocycles. The van der Waals surface area contributed by atoms with Crippen LogP contribution < -0.4 is 5.32 Å². The molecule has 0 fully saturated rings. The number of aromatic nitrogens is 1. The number of halogens is 3. The van der Waals surface area contributed by atoms with Gasteiger partial charge in [-0.2, -0.15) is 13.2 Å². The van der Waals surface area contributed by atoms with Gasteiger partial charge in [0.2, 0.25) is 0 Å². The molecule has 0 aromatic carbocycles. The molecular weight excluding hydrogens is 291 g/mol. The zero-order chi connectivity index (χ0) is 16.0. The van der Waals surface area contributed by atoms with Gasteiger partial charge in [0.15, 0.2) is 0 Å². The van der Waals surface area contributed by atoms with Gasteiger partial charge in [-0.3, -0.25) is 9.78 Å². The molecule has 9 heteroatoms. The van der Waals surface area contributed by atoms with E-state index in [0.717, 1.165) is 5.56 Å². The van der Waals surface area contributed by atoms with E-state index in [2.05, 4.69) is 10.3 Å². The molecule has 2 amide bonds. The van der Waals surface area contributed by atoms with Crippen molar-refractivity contribution in [3.63, 3.8) is 0 Å². The van der Waals surface area contributed by atoms with Crippen LogP contribution in [-0.2, 0) is 11.3 Å². The normalized spacial score (nSPS) is 11.0. The number of alkyl halides is 3. The van der Waals surface area contributed by atoms with Crippen LogP contribution in [-0.4, -0.2) is 46.3 Å². The quantitative estimate of drug-likeness (QED) is 0.864. The summed E-state index contributed by atoms with van der Waals surface area (Å²) in [5, 5.41) is 10.8. The first kappa shape index (κ1) is 16.7. The van der Waals surface area contributed by atoms with Gasteiger partial charge in [-0.05, 0) is 24.1 Å². The Labute approximate surface area is 118 Å². The number of aliphatic carboxylic acids is 1. The molecule has 1 rings (SSSR count). The second-order valence-electron chi connectivity index (χ2n) is 4.33. The third kappa shape index (κ3) is 6.11. The molecule has 116 valence electrons. The minimum atomic E-state index is -4.67. The van der Waals surface area contributed by atoms with Gasteiger partial charge in [-0.25, -0.2) is 4.79 Å². The van der Waals surface area contributed by atoms with Crippen molar-refractivity contribution in [2.24, 2.45) is 0 Å². The highest BCUT2D eigenvalue weighted by Crippen LogP contribution is 2.16. The van der Waals surface area contributed by atoms with Gasteiger partial charge in [0.05, 0.1) is 0 Å². The standard InChI is InChI=1S/C12H14F3N3O3/c1-8-4-16-3-2-9(8)5-17-11(21)18(6-10(19)20)7-12(13,14)15/h2-4H,5-7H2,1H3,(H,17,21)(H,19,20). The first-order valence-corrected chi connectivity index (χ1v) is 5.90. The van der Waals surface area contributed by atoms with Crippen molar-refractivity contribution in [1.82, 2.24) is 15.2 Å². The Kier molecular flexibility index (Phi) is 5.51. The molecule has 0 aliphatic rings. The Hall–Kier alpha value is -2.32. The Morgan fingerprint density at radius 3 is 2.62 bits per heavy atom. The summed E-state index contributed by atoms with van der Waals surface area (Å²) in [6, 6.07) is 0.520. The number of aryl methyl sites for hydroxylation is 1. The second-order valence-corrected chi connectivity index (χ2v) is 4.33. The monoisotopic (exact) mass is 305 g/mol. The molecule has 0 unspecified atom stereocenters. The Balaban J connectivity index is 2.68. The van der Waals surface area contributed by atoms with Gasteiger partial charge in [0.25, 0.3) is 0 Å². The number of carboxylic acids is 1. The lowest BCUT2D eigenvalue weighted by molar-refractivity contribution is -0.148. The summed E-state index contributed by atoms with van der Waals surface area (Å²) in [7, 11) is 0. The number of carbonyl (C=O) groups is 2. The average molecular weight is 305 g/mol. The molecular formula is C12H14F3N3O3. The first-order valence-electron chi connectivity index (χ1n) is 5.90. The number of hydrogen-bond donors (Lipinski definition) is 2. The fourth-order valence-electron chi connectivity index (χ4n) is 1.56. The maximum absolute atomic E-state index is 12.3. The van der Waals surface area contributed by atoms with E-state index in [9.17, 15) is 22.8 Å². The second kappa shape index (κ2) is 6.91. The predicted octanol–water partition coefficient (Wildman–Crippen LogP) is 1.55. The Morgan fingerprint density at radius 1 is 1.43 bits per heavy atom. The number of nitrogens with one attached hydrogen (secondary N) is 1. The van der Waals surface area contributed by atoms with Crippen LogP contribution in [0.5, 0.6) is 0 Å². The number of rotatable bonds is 5. The minimum Gasteiger partial charge on any atom is -0.480 e. The minimum absolute atomic E-state index is 0.0127. The highest BCUT2D eigenvalue weighted by Gasteiger charge is 2.33. The maximum atomic E-state index is 12.3. The summed E-state index contributed by atoms with van der Waals surface area (Å²) in [5.74, 6) is -1.52. The molecule has 0 bridgehead atoms. The summed E-state index contributed by atoms with van der Waals surface area (Å²) >= 11 is 0. The number of nitrogens with zero attached hydrogens (tertiary/aromatic N) is 2. The average Bonchev–Trinajstić information content (AvgIpc) is 2.34. The molecule has 1 heterocycles. The van der Waals surface area contributed by atoms with E-state index in [-0.39, 0.29) is 11.4 Å². The lowest BCUT2D eigenvalue weighted by Crippen LogP contribution is -2.46. The molecule has 0 aliphatic carbocycles. The summed E-state index contributed by atoms with van der Waals surface area (Å²) in [4.78, 5) is 26.2. The third-order valence-electron chi connectivity index (χ3n) is 2.55. The van der Waals surface area contributed by atoms with Crippen molar-refractivity contribution >= 4 is 12.0 Å². The molecule has 21 heavy (non-hydrogen) atoms. The van der Waals surface area contributed by atoms with E-state index >= 15 is 0 Å². The Bertz CT molecular complexity index is 520. The summed E-state index contributed by atoms with van der Waals surface area (Å²) in [5.41, 5.74) is 1.44. The fraction of sp³-hybridized carbons (Fsp3) is 0.417. The van der Waals surface area contributed by atoms with E-state index in [0.29, 0.717) is 5.56 Å². The van der Waals surface area contributed by atoms with Crippen LogP contribution in [0, 0.1) is 6.92 Å². The molecule has 6 nitrogen and oxygen atoms in total. The number of carboxylic acid groups (broad SMARTS) is 1. The van der Waals surface area contributed by atoms with Crippen LogP contribution in [0.15, 0.2) is 18.5 Å². The molecule has 0 saturated carbocycles. The van der Waals surface area contributed by atoms with Gasteiger partial charge >= 0.3 is 18.2 Å². The molecule has 2 N–H and O–H groups in total. The SMILES string of the molecule is Cc1cnccc1CNC(=O)N(CC(=O)O)CC(F)(F)F. The number of carbonyl (C=O) groups excluding carboxylic acids is 1. The van der Waals surface area contributed by atoms with E-state index in [1.807, 2.05) is 0 Å². The zero-order valence-corrected chi connectivity index (χ0v) is 11.1. The van der Waals surface area contributed by atoms with Gasteiger partial charge in [-0.15, -0.1) is 0 Å². The van der Waals surface area contributed by atoms with Crippen molar-refractivity contribution < 1.29 is 27.9 Å². The highest BCUT2D eigenvalue weighted by atomic mass is 19.4. The Morgan fingerprint density at radius 2 is 2.10 bits per heavy atom. The van der Waals surface area contributed by atoms with Crippen LogP contribution in [0.4, 0.5) is 18.0 Å². The maximum Gasteiger partial charge on any atom is 0.406 e. The van der Waals surface area contributed by atoms with Crippen molar-refractivity contribution in [3.8, 4) is 0 Å². The number of pyridine rings is 1. The van der Waals surface area contributed by atoms with Crippen LogP contribution in [0.25, 0.3) is 0 Å². The highest BCUT2D eigenvalue weighted by molar-refractivity contribution is 5.80. The largest absolute Gasteiger partial charge is 0.480 e. The van der Waals surface area contributed by atoms with Crippen molar-refractivity contribution in [2.45, 2.75) is 19.6 Å². The van der Waals surface area contributed by atoms with Crippen LogP contribution in [0.3, 0.4) is 0 Å². The summed E-state index contributed by atoms with van der Waals surface area (Å²) < 4.78 is 37.0. The molecule has 0 radical (unpaired) electrons. The molecule has 0 spiro atoms. The summed E-state index contributed by atoms with van der Waals surface area (Å²) in [6.45, 7) is -0.929. The van der Waals surface area contributed by atoms with Gasteiger partial charge in [0.1, 0.15) is 13.1 Å². The van der Waals surface area contributed by atoms with E-state index in [1.54, 1.807) is 19.2 Å². The van der Waals surface area contributed by atoms with Crippen LogP contribution in [0.2, 0.25) is 0 Å². The molecule has 0 aliphatic heterocycles. The van der Waals surface area contributed by atoms with Gasteiger partial charge < -0.3 is 15.3 Å². The fourth-order valence-corrected chi connectivity index (χ4v) is 1.56. The summed E-state index contributed by atoms with van der Waals surface area (Å²) in [6.07, 6.45) is -1.63. The molecule has 0 atom stereocenters. The van der Waals surface area contributed by atoms with Gasteiger partial charge in [0, 0.05) is 18.9 Å². The lowest BCUT2D eigenvalue weighted by Gasteiger charge is -2.22. The van der Waals surface area contributed by atoms with Crippen molar-refractivity contribution in [3.05, 3.63) is 29.6 Å². The number of urea groups is 1. The molecule has 1 aromatic heterocycles. The number of hydrogen-bond acceptors (Lipinski definition) is 3. The first-order chi connectivity index (χ1) is 9.69. The lowest BCUT2D eigenvalue weighted by atomic mass is 10.1. The third-order valence-corrected chi connectivity index (χ3v) is 2.55. The predicted molar refractivity (Wildman–Crippen MR) is 66.5 cm³/mol. The van der Waals surface area contributed by atoms with Crippen LogP contribution >= 0.6 is 0 Å². The zero-order valence-electron chi connectivity index (χ0n) is 11.1. The van der Waals surface area contributed by atoms with Crippen molar-refractivity contribution in [2.75, 3.05) is 13.1 Å². The molecule has 1 aromatic rings. The van der Waals surface area contributed by atoms with Crippen molar-refractivity contribution in [1.29, 1.82) is 0 Å². The van der Waals surface area contributed by atoms with Crippen LogP contribution in [0.1, 0.15) is 11.1 Å². The number of amides is 2. The van der Waals surface area contributed by atoms with Gasteiger partial charge in [-0.1, -0.05) is 0 Å². The van der Waals surface area contributed by atoms with E-state index in [1.165, 1.54) is 6.20 Å². The van der Waals surface area contributed by atoms with E-state index in [4.69, 9.17) is 5.11 Å². The van der Waals surface area contributed by atoms with E-state index < -0.39 is 31.3 Å². The smallest absolute Gasteiger partial charge is 0.406 e.